The lowest BCUT2D eigenvalue weighted by Crippen LogP contribution is -2.46. The minimum Gasteiger partial charge on any atom is -0.444 e. The van der Waals surface area contributed by atoms with Crippen molar-refractivity contribution in [3.63, 3.8) is 0 Å². The van der Waals surface area contributed by atoms with Crippen molar-refractivity contribution in [1.82, 2.24) is 10.2 Å². The molecule has 1 aliphatic heterocycles. The second kappa shape index (κ2) is 13.3. The molecule has 0 spiro atoms. The molecule has 0 aromatic heterocycles. The van der Waals surface area contributed by atoms with Crippen LogP contribution in [0.2, 0.25) is 0 Å². The lowest BCUT2D eigenvalue weighted by Gasteiger charge is -2.32. The zero-order valence-electron chi connectivity index (χ0n) is 16.5. The molecule has 1 fully saturated rings. The molecule has 0 aromatic carbocycles. The fraction of sp³-hybridized carbons (Fsp3) is 0.944. The molecule has 0 atom stereocenters. The Labute approximate surface area is 157 Å². The summed E-state index contributed by atoms with van der Waals surface area (Å²) in [6.07, 6.45) is 1.52. The van der Waals surface area contributed by atoms with Crippen LogP contribution in [0.5, 0.6) is 0 Å². The topological polar surface area (TPSA) is 89.5 Å². The lowest BCUT2D eigenvalue weighted by molar-refractivity contribution is 0.00351. The number of piperidine rings is 1. The minimum atomic E-state index is -0.460. The first-order valence-corrected chi connectivity index (χ1v) is 9.46. The fourth-order valence-electron chi connectivity index (χ4n) is 2.58. The van der Waals surface area contributed by atoms with Crippen molar-refractivity contribution >= 4 is 6.09 Å². The van der Waals surface area contributed by atoms with Gasteiger partial charge in [0.25, 0.3) is 0 Å². The van der Waals surface area contributed by atoms with Gasteiger partial charge in [-0.3, -0.25) is 0 Å². The number of nitrogens with one attached hydrogen (secondary N) is 1. The van der Waals surface area contributed by atoms with Crippen LogP contribution in [-0.4, -0.2) is 93.6 Å². The van der Waals surface area contributed by atoms with Crippen molar-refractivity contribution in [2.24, 2.45) is 0 Å². The van der Waals surface area contributed by atoms with E-state index < -0.39 is 5.60 Å². The number of ether oxygens (including phenoxy) is 4. The molecular weight excluding hydrogens is 340 g/mol. The van der Waals surface area contributed by atoms with Crippen molar-refractivity contribution in [1.29, 1.82) is 0 Å². The van der Waals surface area contributed by atoms with Crippen LogP contribution in [-0.2, 0) is 18.9 Å². The molecule has 1 rings (SSSR count). The molecule has 1 amide bonds. The SMILES string of the molecule is CC(C)(C)OC(=O)NC1CCN(CCOCCOCCOCCO)CC1. The second-order valence-corrected chi connectivity index (χ2v) is 7.32. The van der Waals surface area contributed by atoms with E-state index in [1.165, 1.54) is 0 Å². The molecule has 1 saturated heterocycles. The van der Waals surface area contributed by atoms with Crippen molar-refractivity contribution < 1.29 is 28.8 Å². The van der Waals surface area contributed by atoms with E-state index >= 15 is 0 Å². The van der Waals surface area contributed by atoms with E-state index in [9.17, 15) is 4.79 Å². The summed E-state index contributed by atoms with van der Waals surface area (Å²) in [4.78, 5) is 14.1. The number of alkyl carbamates (subject to hydrolysis) is 1. The quantitative estimate of drug-likeness (QED) is 0.492. The van der Waals surface area contributed by atoms with Crippen LogP contribution in [0, 0.1) is 0 Å². The van der Waals surface area contributed by atoms with Gasteiger partial charge in [-0.1, -0.05) is 0 Å². The Morgan fingerprint density at radius 1 is 1.00 bits per heavy atom. The molecule has 0 unspecified atom stereocenters. The summed E-state index contributed by atoms with van der Waals surface area (Å²) in [5.74, 6) is 0. The van der Waals surface area contributed by atoms with Crippen LogP contribution in [0.15, 0.2) is 0 Å². The largest absolute Gasteiger partial charge is 0.444 e. The van der Waals surface area contributed by atoms with E-state index in [0.717, 1.165) is 32.5 Å². The third kappa shape index (κ3) is 12.4. The van der Waals surface area contributed by atoms with Gasteiger partial charge in [0.2, 0.25) is 0 Å². The summed E-state index contributed by atoms with van der Waals surface area (Å²) < 4.78 is 21.3. The van der Waals surface area contributed by atoms with Gasteiger partial charge in [0.15, 0.2) is 0 Å². The summed E-state index contributed by atoms with van der Waals surface area (Å²) in [5, 5.41) is 11.5. The Morgan fingerprint density at radius 2 is 1.54 bits per heavy atom. The number of aliphatic hydroxyl groups is 1. The number of rotatable bonds is 12. The van der Waals surface area contributed by atoms with E-state index in [1.54, 1.807) is 0 Å². The van der Waals surface area contributed by atoms with Gasteiger partial charge in [0, 0.05) is 25.7 Å². The van der Waals surface area contributed by atoms with Crippen molar-refractivity contribution in [2.75, 3.05) is 65.9 Å². The Hall–Kier alpha value is -0.930. The van der Waals surface area contributed by atoms with Gasteiger partial charge < -0.3 is 34.3 Å². The molecule has 26 heavy (non-hydrogen) atoms. The smallest absolute Gasteiger partial charge is 0.407 e. The van der Waals surface area contributed by atoms with Crippen molar-refractivity contribution in [3.8, 4) is 0 Å². The molecule has 0 aliphatic carbocycles. The highest BCUT2D eigenvalue weighted by atomic mass is 16.6. The van der Waals surface area contributed by atoms with Crippen molar-refractivity contribution in [3.05, 3.63) is 0 Å². The average Bonchev–Trinajstić information content (AvgIpc) is 2.56. The zero-order chi connectivity index (χ0) is 19.3. The number of carbonyl (C=O) groups is 1. The molecule has 0 aromatic rings. The van der Waals surface area contributed by atoms with E-state index in [4.69, 9.17) is 24.1 Å². The molecule has 1 aliphatic rings. The molecule has 154 valence electrons. The van der Waals surface area contributed by atoms with Crippen LogP contribution in [0.1, 0.15) is 33.6 Å². The van der Waals surface area contributed by atoms with Gasteiger partial charge in [0.1, 0.15) is 5.60 Å². The van der Waals surface area contributed by atoms with E-state index in [-0.39, 0.29) is 18.7 Å². The third-order valence-electron chi connectivity index (χ3n) is 3.84. The molecule has 2 N–H and O–H groups in total. The first kappa shape index (κ1) is 23.1. The number of likely N-dealkylation sites (tertiary alicyclic amines) is 1. The Morgan fingerprint density at radius 3 is 2.08 bits per heavy atom. The number of hydrogen-bond acceptors (Lipinski definition) is 7. The molecular formula is C18H36N2O6. The number of aliphatic hydroxyl groups excluding tert-OH is 1. The van der Waals surface area contributed by atoms with Crippen molar-refractivity contribution in [2.45, 2.75) is 45.3 Å². The highest BCUT2D eigenvalue weighted by Gasteiger charge is 2.23. The molecule has 1 heterocycles. The predicted molar refractivity (Wildman–Crippen MR) is 98.4 cm³/mol. The number of nitrogens with zero attached hydrogens (tertiary/aromatic N) is 1. The summed E-state index contributed by atoms with van der Waals surface area (Å²) >= 11 is 0. The molecule has 0 bridgehead atoms. The van der Waals surface area contributed by atoms with Gasteiger partial charge >= 0.3 is 6.09 Å². The molecule has 0 radical (unpaired) electrons. The minimum absolute atomic E-state index is 0.0391. The summed E-state index contributed by atoms with van der Waals surface area (Å²) in [6, 6.07) is 0.184. The lowest BCUT2D eigenvalue weighted by atomic mass is 10.1. The highest BCUT2D eigenvalue weighted by molar-refractivity contribution is 5.68. The highest BCUT2D eigenvalue weighted by Crippen LogP contribution is 2.12. The van der Waals surface area contributed by atoms with E-state index in [0.29, 0.717) is 39.6 Å². The first-order chi connectivity index (χ1) is 12.4. The third-order valence-corrected chi connectivity index (χ3v) is 3.84. The van der Waals surface area contributed by atoms with Gasteiger partial charge in [0.05, 0.1) is 46.2 Å². The Balaban J connectivity index is 1.95. The zero-order valence-corrected chi connectivity index (χ0v) is 16.5. The van der Waals surface area contributed by atoms with Gasteiger partial charge in [-0.25, -0.2) is 4.79 Å². The Kier molecular flexibility index (Phi) is 11.8. The predicted octanol–water partition coefficient (Wildman–Crippen LogP) is 1.02. The van der Waals surface area contributed by atoms with Crippen LogP contribution in [0.25, 0.3) is 0 Å². The maximum Gasteiger partial charge on any atom is 0.407 e. The monoisotopic (exact) mass is 376 g/mol. The van der Waals surface area contributed by atoms with Gasteiger partial charge in [-0.15, -0.1) is 0 Å². The first-order valence-electron chi connectivity index (χ1n) is 9.46. The van der Waals surface area contributed by atoms with E-state index in [1.807, 2.05) is 20.8 Å². The fourth-order valence-corrected chi connectivity index (χ4v) is 2.58. The maximum absolute atomic E-state index is 11.8. The van der Waals surface area contributed by atoms with Gasteiger partial charge in [-0.05, 0) is 33.6 Å². The number of amides is 1. The second-order valence-electron chi connectivity index (χ2n) is 7.32. The normalized spacial score (nSPS) is 16.6. The van der Waals surface area contributed by atoms with Crippen LogP contribution in [0.4, 0.5) is 4.79 Å². The summed E-state index contributed by atoms with van der Waals surface area (Å²) in [6.45, 7) is 11.6. The molecule has 8 nitrogen and oxygen atoms in total. The average molecular weight is 376 g/mol. The number of carbonyl (C=O) groups excluding carboxylic acids is 1. The van der Waals surface area contributed by atoms with Crippen LogP contribution < -0.4 is 5.32 Å². The van der Waals surface area contributed by atoms with E-state index in [2.05, 4.69) is 10.2 Å². The van der Waals surface area contributed by atoms with Crippen LogP contribution in [0.3, 0.4) is 0 Å². The number of hydrogen-bond donors (Lipinski definition) is 2. The Bertz CT molecular complexity index is 367. The molecule has 0 saturated carbocycles. The maximum atomic E-state index is 11.8. The standard InChI is InChI=1S/C18H36N2O6/c1-18(2,3)26-17(22)19-16-4-6-20(7-5-16)8-10-23-12-14-25-15-13-24-11-9-21/h16,21H,4-15H2,1-3H3,(H,19,22). The van der Waals surface area contributed by atoms with Gasteiger partial charge in [-0.2, -0.15) is 0 Å². The van der Waals surface area contributed by atoms with Crippen LogP contribution >= 0.6 is 0 Å². The summed E-state index contributed by atoms with van der Waals surface area (Å²) in [7, 11) is 0. The summed E-state index contributed by atoms with van der Waals surface area (Å²) in [5.41, 5.74) is -0.460. The molecule has 8 heteroatoms.